The largest absolute Gasteiger partial charge is 0.369 e. The van der Waals surface area contributed by atoms with Gasteiger partial charge in [0, 0.05) is 18.8 Å². The van der Waals surface area contributed by atoms with Crippen molar-refractivity contribution in [3.63, 3.8) is 0 Å². The highest BCUT2D eigenvalue weighted by Crippen LogP contribution is 2.20. The molecule has 1 heterocycles. The van der Waals surface area contributed by atoms with Crippen LogP contribution in [0.2, 0.25) is 0 Å². The lowest BCUT2D eigenvalue weighted by Gasteiger charge is -2.32. The van der Waals surface area contributed by atoms with Gasteiger partial charge in [0.15, 0.2) is 0 Å². The number of nitrogens with two attached hydrogens (primary N) is 1. The number of primary amides is 1. The van der Waals surface area contributed by atoms with Gasteiger partial charge in [-0.05, 0) is 36.1 Å². The molecule has 2 aromatic carbocycles. The van der Waals surface area contributed by atoms with Gasteiger partial charge >= 0.3 is 0 Å². The summed E-state index contributed by atoms with van der Waals surface area (Å²) in [6.45, 7) is 1.13. The Hall–Kier alpha value is -3.15. The van der Waals surface area contributed by atoms with Gasteiger partial charge in [-0.3, -0.25) is 14.4 Å². The molecule has 3 rings (SSSR count). The Labute approximate surface area is 164 Å². The van der Waals surface area contributed by atoms with Gasteiger partial charge in [0.1, 0.15) is 0 Å². The third-order valence-corrected chi connectivity index (χ3v) is 4.94. The number of hydrogen-bond acceptors (Lipinski definition) is 3. The second-order valence-electron chi connectivity index (χ2n) is 7.17. The number of piperidine rings is 1. The molecule has 0 bridgehead atoms. The number of anilines is 1. The molecular weight excluding hydrogens is 354 g/mol. The summed E-state index contributed by atoms with van der Waals surface area (Å²) in [5, 5.41) is 2.91. The van der Waals surface area contributed by atoms with Gasteiger partial charge in [0.05, 0.1) is 18.8 Å². The number of benzene rings is 2. The average Bonchev–Trinajstić information content (AvgIpc) is 2.70. The quantitative estimate of drug-likeness (QED) is 0.805. The van der Waals surface area contributed by atoms with Crippen molar-refractivity contribution in [2.45, 2.75) is 25.7 Å². The third kappa shape index (κ3) is 5.42. The second-order valence-corrected chi connectivity index (χ2v) is 7.17. The molecule has 6 nitrogen and oxygen atoms in total. The Morgan fingerprint density at radius 3 is 2.32 bits per heavy atom. The maximum atomic E-state index is 12.6. The number of carbonyl (C=O) groups excluding carboxylic acids is 3. The molecule has 0 unspecified atom stereocenters. The van der Waals surface area contributed by atoms with Gasteiger partial charge in [-0.25, -0.2) is 0 Å². The van der Waals surface area contributed by atoms with Crippen molar-refractivity contribution >= 4 is 23.4 Å². The molecule has 28 heavy (non-hydrogen) atoms. The Bertz CT molecular complexity index is 834. The van der Waals surface area contributed by atoms with Gasteiger partial charge in [0.25, 0.3) is 0 Å². The van der Waals surface area contributed by atoms with Crippen molar-refractivity contribution in [3.8, 4) is 0 Å². The maximum absolute atomic E-state index is 12.6. The summed E-state index contributed by atoms with van der Waals surface area (Å²) in [7, 11) is 0. The van der Waals surface area contributed by atoms with E-state index in [0.717, 1.165) is 24.0 Å². The molecule has 6 heteroatoms. The fourth-order valence-electron chi connectivity index (χ4n) is 3.45. The molecule has 1 atom stereocenters. The van der Waals surface area contributed by atoms with Crippen LogP contribution in [-0.2, 0) is 27.2 Å². The highest BCUT2D eigenvalue weighted by molar-refractivity contribution is 5.93. The molecule has 0 aromatic heterocycles. The predicted molar refractivity (Wildman–Crippen MR) is 107 cm³/mol. The normalized spacial score (nSPS) is 16.4. The number of rotatable bonds is 6. The molecular formula is C22H25N3O3. The molecule has 0 spiro atoms. The van der Waals surface area contributed by atoms with Crippen molar-refractivity contribution in [1.29, 1.82) is 0 Å². The number of nitrogens with one attached hydrogen (secondary N) is 1. The zero-order valence-corrected chi connectivity index (χ0v) is 15.8. The van der Waals surface area contributed by atoms with Crippen molar-refractivity contribution in [1.82, 2.24) is 4.90 Å². The van der Waals surface area contributed by atoms with Crippen LogP contribution < -0.4 is 11.1 Å². The van der Waals surface area contributed by atoms with Crippen LogP contribution in [0.1, 0.15) is 24.0 Å². The van der Waals surface area contributed by atoms with Crippen molar-refractivity contribution in [2.24, 2.45) is 11.7 Å². The first-order valence-electron chi connectivity index (χ1n) is 9.51. The van der Waals surface area contributed by atoms with Crippen LogP contribution >= 0.6 is 0 Å². The van der Waals surface area contributed by atoms with E-state index in [9.17, 15) is 14.4 Å². The third-order valence-electron chi connectivity index (χ3n) is 4.94. The summed E-state index contributed by atoms with van der Waals surface area (Å²) in [6.07, 6.45) is 2.11. The minimum atomic E-state index is -0.390. The number of nitrogens with zero attached hydrogens (tertiary/aromatic N) is 1. The molecule has 1 aliphatic heterocycles. The summed E-state index contributed by atoms with van der Waals surface area (Å²) < 4.78 is 0. The van der Waals surface area contributed by atoms with Gasteiger partial charge in [-0.2, -0.15) is 0 Å². The molecule has 1 saturated heterocycles. The van der Waals surface area contributed by atoms with Crippen LogP contribution in [0.4, 0.5) is 5.69 Å². The van der Waals surface area contributed by atoms with E-state index < -0.39 is 0 Å². The first-order valence-corrected chi connectivity index (χ1v) is 9.51. The maximum Gasteiger partial charge on any atom is 0.229 e. The highest BCUT2D eigenvalue weighted by Gasteiger charge is 2.28. The SMILES string of the molecule is NC(=O)Cc1ccc(NC(=O)[C@@H]2CCCN(C(=O)Cc3ccccc3)C2)cc1. The van der Waals surface area contributed by atoms with E-state index in [2.05, 4.69) is 5.32 Å². The molecule has 3 amide bonds. The summed E-state index contributed by atoms with van der Waals surface area (Å²) >= 11 is 0. The lowest BCUT2D eigenvalue weighted by Crippen LogP contribution is -2.44. The Morgan fingerprint density at radius 1 is 0.964 bits per heavy atom. The van der Waals surface area contributed by atoms with Gasteiger partial charge in [-0.1, -0.05) is 42.5 Å². The minimum Gasteiger partial charge on any atom is -0.369 e. The molecule has 1 fully saturated rings. The Kier molecular flexibility index (Phi) is 6.42. The number of likely N-dealkylation sites (tertiary alicyclic amines) is 1. The predicted octanol–water partition coefficient (Wildman–Crippen LogP) is 2.13. The monoisotopic (exact) mass is 379 g/mol. The van der Waals surface area contributed by atoms with Gasteiger partial charge < -0.3 is 16.0 Å². The van der Waals surface area contributed by atoms with Crippen LogP contribution in [0.15, 0.2) is 54.6 Å². The fourth-order valence-corrected chi connectivity index (χ4v) is 3.45. The fraction of sp³-hybridized carbons (Fsp3) is 0.318. The van der Waals surface area contributed by atoms with Crippen LogP contribution in [0.5, 0.6) is 0 Å². The van der Waals surface area contributed by atoms with E-state index in [1.807, 2.05) is 30.3 Å². The lowest BCUT2D eigenvalue weighted by molar-refractivity contribution is -0.134. The zero-order valence-electron chi connectivity index (χ0n) is 15.8. The van der Waals surface area contributed by atoms with Crippen molar-refractivity contribution < 1.29 is 14.4 Å². The molecule has 2 aromatic rings. The zero-order chi connectivity index (χ0) is 19.9. The standard InChI is InChI=1S/C22H25N3O3/c23-20(26)13-17-8-10-19(11-9-17)24-22(28)18-7-4-12-25(15-18)21(27)14-16-5-2-1-3-6-16/h1-3,5-6,8-11,18H,4,7,12-15H2,(H2,23,26)(H,24,28)/t18-/m1/s1. The summed E-state index contributed by atoms with van der Waals surface area (Å²) in [5.41, 5.74) is 7.65. The van der Waals surface area contributed by atoms with Crippen molar-refractivity contribution in [2.75, 3.05) is 18.4 Å². The number of amides is 3. The molecule has 0 radical (unpaired) electrons. The van der Waals surface area contributed by atoms with Gasteiger partial charge in [-0.15, -0.1) is 0 Å². The van der Waals surface area contributed by atoms with Crippen molar-refractivity contribution in [3.05, 3.63) is 65.7 Å². The molecule has 1 aliphatic rings. The molecule has 3 N–H and O–H groups in total. The van der Waals surface area contributed by atoms with E-state index >= 15 is 0 Å². The molecule has 0 aliphatic carbocycles. The lowest BCUT2D eigenvalue weighted by atomic mass is 9.96. The van der Waals surface area contributed by atoms with E-state index in [1.165, 1.54) is 0 Å². The highest BCUT2D eigenvalue weighted by atomic mass is 16.2. The van der Waals surface area contributed by atoms with E-state index in [0.29, 0.717) is 25.2 Å². The van der Waals surface area contributed by atoms with Crippen LogP contribution in [-0.4, -0.2) is 35.7 Å². The number of carbonyl (C=O) groups is 3. The topological polar surface area (TPSA) is 92.5 Å². The van der Waals surface area contributed by atoms with Crippen LogP contribution in [0.25, 0.3) is 0 Å². The average molecular weight is 379 g/mol. The van der Waals surface area contributed by atoms with E-state index in [1.54, 1.807) is 29.2 Å². The molecule has 0 saturated carbocycles. The Morgan fingerprint density at radius 2 is 1.64 bits per heavy atom. The first kappa shape index (κ1) is 19.6. The van der Waals surface area contributed by atoms with E-state index in [4.69, 9.17) is 5.73 Å². The molecule has 146 valence electrons. The first-order chi connectivity index (χ1) is 13.5. The smallest absolute Gasteiger partial charge is 0.229 e. The second kappa shape index (κ2) is 9.17. The summed E-state index contributed by atoms with van der Waals surface area (Å²) in [5.74, 6) is -0.641. The summed E-state index contributed by atoms with van der Waals surface area (Å²) in [4.78, 5) is 38.0. The van der Waals surface area contributed by atoms with Gasteiger partial charge in [0.2, 0.25) is 17.7 Å². The van der Waals surface area contributed by atoms with Crippen LogP contribution in [0, 0.1) is 5.92 Å². The van der Waals surface area contributed by atoms with E-state index in [-0.39, 0.29) is 30.1 Å². The Balaban J connectivity index is 1.55. The number of hydrogen-bond donors (Lipinski definition) is 2. The minimum absolute atomic E-state index is 0.0551. The van der Waals surface area contributed by atoms with Crippen LogP contribution in [0.3, 0.4) is 0 Å². The summed E-state index contributed by atoms with van der Waals surface area (Å²) in [6, 6.07) is 16.7.